The third-order valence-electron chi connectivity index (χ3n) is 13.4. The largest absolute Gasteiger partial charge is 0.632 e. The number of halogens is 1. The van der Waals surface area contributed by atoms with Crippen LogP contribution in [0.5, 0.6) is 0 Å². The van der Waals surface area contributed by atoms with Gasteiger partial charge in [0.2, 0.25) is 0 Å². The first-order valence-electron chi connectivity index (χ1n) is 16.1. The number of quaternary nitrogens is 2. The molecule has 6 fully saturated rings. The van der Waals surface area contributed by atoms with Crippen LogP contribution in [0, 0.1) is 39.7 Å². The lowest BCUT2D eigenvalue weighted by Crippen LogP contribution is -2.68. The van der Waals surface area contributed by atoms with Gasteiger partial charge in [-0.1, -0.05) is 20.4 Å². The van der Waals surface area contributed by atoms with Gasteiger partial charge in [0, 0.05) is 38.0 Å². The zero-order valence-electron chi connectivity index (χ0n) is 24.9. The maximum atomic E-state index is 14.3. The predicted molar refractivity (Wildman–Crippen MR) is 158 cm³/mol. The minimum absolute atomic E-state index is 0.0131. The van der Waals surface area contributed by atoms with E-state index in [0.717, 1.165) is 62.6 Å². The molecule has 0 amide bonds. The van der Waals surface area contributed by atoms with Crippen LogP contribution >= 0.6 is 15.9 Å². The second-order valence-electron chi connectivity index (χ2n) is 15.0. The Bertz CT molecular complexity index is 990. The highest BCUT2D eigenvalue weighted by molar-refractivity contribution is 9.09. The lowest BCUT2D eigenvalue weighted by Gasteiger charge is -2.64. The highest BCUT2D eigenvalue weighted by atomic mass is 79.9. The fourth-order valence-corrected chi connectivity index (χ4v) is 12.2. The quantitative estimate of drug-likeness (QED) is 0.115. The summed E-state index contributed by atoms with van der Waals surface area (Å²) < 4.78 is 12.6. The highest BCUT2D eigenvalue weighted by Crippen LogP contribution is 2.68. The number of hydrogen-bond donors (Lipinski definition) is 1. The third-order valence-corrected chi connectivity index (χ3v) is 14.4. The molecule has 0 aromatic heterocycles. The summed E-state index contributed by atoms with van der Waals surface area (Å²) in [5.74, 6) is 1.96. The van der Waals surface area contributed by atoms with Gasteiger partial charge in [-0.3, -0.25) is 4.79 Å². The molecule has 226 valence electrons. The number of rotatable bonds is 5. The zero-order valence-corrected chi connectivity index (χ0v) is 26.5. The third kappa shape index (κ3) is 4.40. The van der Waals surface area contributed by atoms with Crippen molar-refractivity contribution in [2.75, 3.05) is 39.4 Å². The van der Waals surface area contributed by atoms with E-state index in [4.69, 9.17) is 9.47 Å². The molecule has 0 spiro atoms. The van der Waals surface area contributed by atoms with E-state index in [1.165, 1.54) is 19.3 Å². The van der Waals surface area contributed by atoms with Crippen LogP contribution in [0.15, 0.2) is 12.7 Å². The van der Waals surface area contributed by atoms with Gasteiger partial charge in [0.25, 0.3) is 0 Å². The van der Waals surface area contributed by atoms with Crippen molar-refractivity contribution in [3.63, 3.8) is 0 Å². The van der Waals surface area contributed by atoms with Crippen LogP contribution in [-0.4, -0.2) is 88.8 Å². The summed E-state index contributed by atoms with van der Waals surface area (Å²) in [6.07, 6.45) is 11.1. The van der Waals surface area contributed by atoms with Crippen LogP contribution in [0.1, 0.15) is 78.6 Å². The lowest BCUT2D eigenvalue weighted by atomic mass is 9.44. The Hall–Kier alpha value is -0.510. The second kappa shape index (κ2) is 10.6. The molecular weight excluding hydrogens is 572 g/mol. The van der Waals surface area contributed by atoms with Gasteiger partial charge in [-0.15, -0.1) is 0 Å². The second-order valence-corrected chi connectivity index (χ2v) is 16.1. The van der Waals surface area contributed by atoms with E-state index in [2.05, 4.69) is 42.4 Å². The van der Waals surface area contributed by atoms with E-state index in [1.807, 2.05) is 0 Å². The predicted octanol–water partition coefficient (Wildman–Crippen LogP) is 5.14. The zero-order chi connectivity index (χ0) is 28.5. The molecule has 6 aliphatic rings. The fraction of sp³-hybridized carbons (Fsp3) is 0.906. The summed E-state index contributed by atoms with van der Waals surface area (Å²) in [5.41, 5.74) is 0.0334. The monoisotopic (exact) mass is 623 g/mol. The molecule has 12 atom stereocenters. The summed E-state index contributed by atoms with van der Waals surface area (Å²) in [4.78, 5) is 12.2. The first kappa shape index (κ1) is 29.6. The number of nitrogens with zero attached hydrogens (tertiary/aromatic N) is 2. The van der Waals surface area contributed by atoms with Crippen LogP contribution in [0.2, 0.25) is 0 Å². The molecule has 2 heterocycles. The number of carbonyl (C=O) groups excluding carboxylic acids is 1. The topological polar surface area (TPSA) is 78.8 Å². The molecule has 0 aromatic carbocycles. The summed E-state index contributed by atoms with van der Waals surface area (Å²) in [6, 6.07) is 0.0281. The maximum absolute atomic E-state index is 14.3. The van der Waals surface area contributed by atoms with Crippen LogP contribution in [0.4, 0.5) is 0 Å². The summed E-state index contributed by atoms with van der Waals surface area (Å²) >= 11 is 3.65. The number of fused-ring (bicyclic) bond motifs is 5. The molecule has 0 radical (unpaired) electrons. The number of aliphatic hydroxyl groups is 1. The van der Waals surface area contributed by atoms with E-state index in [0.29, 0.717) is 49.5 Å². The summed E-state index contributed by atoms with van der Waals surface area (Å²) in [5, 5.41) is 25.6. The van der Waals surface area contributed by atoms with E-state index in [9.17, 15) is 15.1 Å². The molecule has 4 saturated carbocycles. The highest BCUT2D eigenvalue weighted by Gasteiger charge is 2.68. The maximum Gasteiger partial charge on any atom is 0.303 e. The number of hydroxylamine groups is 3. The number of hydrogen-bond acceptors (Lipinski definition) is 5. The molecule has 40 heavy (non-hydrogen) atoms. The van der Waals surface area contributed by atoms with Crippen LogP contribution in [0.25, 0.3) is 0 Å². The van der Waals surface area contributed by atoms with Gasteiger partial charge in [-0.05, 0) is 83.2 Å². The van der Waals surface area contributed by atoms with E-state index in [-0.39, 0.29) is 38.5 Å². The number of ether oxygens (including phenoxy) is 2. The SMILES string of the molecule is C=CC[N+]1([C@H]2C[C@H]3[C@@H]4CC[C@H]5C[C@H](O)[C@@H]([N+]6([O-])CCOCC6Br)C[C@]5(C)[C@H]4CC[C@]3(C)[C@H]2OC(C)=O)CCCC1. The van der Waals surface area contributed by atoms with Crippen LogP contribution < -0.4 is 0 Å². The van der Waals surface area contributed by atoms with Crippen molar-refractivity contribution in [1.29, 1.82) is 0 Å². The normalized spacial score (nSPS) is 51.8. The Balaban J connectivity index is 1.32. The van der Waals surface area contributed by atoms with Crippen molar-refractivity contribution < 1.29 is 28.5 Å². The van der Waals surface area contributed by atoms with Gasteiger partial charge < -0.3 is 28.9 Å². The van der Waals surface area contributed by atoms with Crippen molar-refractivity contribution in [1.82, 2.24) is 0 Å². The van der Waals surface area contributed by atoms with Crippen molar-refractivity contribution >= 4 is 21.9 Å². The van der Waals surface area contributed by atoms with Gasteiger partial charge in [0.05, 0.1) is 26.2 Å². The van der Waals surface area contributed by atoms with Crippen molar-refractivity contribution in [3.8, 4) is 0 Å². The number of likely N-dealkylation sites (tertiary alicyclic amines) is 1. The molecule has 2 saturated heterocycles. The molecule has 7 nitrogen and oxygen atoms in total. The van der Waals surface area contributed by atoms with Gasteiger partial charge in [-0.25, -0.2) is 0 Å². The average molecular weight is 625 g/mol. The Morgan fingerprint density at radius 1 is 1.12 bits per heavy atom. The Morgan fingerprint density at radius 3 is 2.55 bits per heavy atom. The van der Waals surface area contributed by atoms with E-state index in [1.54, 1.807) is 6.92 Å². The Morgan fingerprint density at radius 2 is 1.88 bits per heavy atom. The number of carbonyl (C=O) groups is 1. The van der Waals surface area contributed by atoms with Crippen molar-refractivity contribution in [2.45, 2.75) is 108 Å². The molecule has 8 heteroatoms. The standard InChI is InChI=1S/C32H52BrN2O5/c1-5-12-34(13-6-7-14-34)26-18-25-23-9-8-22-17-28(37)27(35(38)15-16-39-20-29(35)33)19-32(22,4)24(23)10-11-31(25,3)30(26)40-21(2)36/h5,22-30,37H,1,6-20H2,2-4H3/q+1/t22-,23+,24-,25-,26-,27-,28-,29?,30-,31-,32-,35?/m0/s1. The number of alkyl halides is 1. The number of esters is 1. The molecule has 1 N–H and O–H groups in total. The number of morpholine rings is 1. The van der Waals surface area contributed by atoms with Crippen LogP contribution in [0.3, 0.4) is 0 Å². The van der Waals surface area contributed by atoms with Crippen LogP contribution in [-0.2, 0) is 14.3 Å². The van der Waals surface area contributed by atoms with Gasteiger partial charge in [-0.2, -0.15) is 0 Å². The average Bonchev–Trinajstić information content (AvgIpc) is 3.49. The lowest BCUT2D eigenvalue weighted by molar-refractivity contribution is -0.937. The van der Waals surface area contributed by atoms with Crippen molar-refractivity contribution in [2.24, 2.45) is 34.5 Å². The minimum atomic E-state index is -0.554. The number of aliphatic hydroxyl groups excluding tert-OH is 1. The summed E-state index contributed by atoms with van der Waals surface area (Å²) in [6.45, 7) is 15.2. The minimum Gasteiger partial charge on any atom is -0.632 e. The molecule has 2 aliphatic heterocycles. The first-order valence-corrected chi connectivity index (χ1v) is 17.0. The van der Waals surface area contributed by atoms with Crippen molar-refractivity contribution in [3.05, 3.63) is 17.9 Å². The molecule has 0 aromatic rings. The molecule has 6 rings (SSSR count). The molecule has 2 unspecified atom stereocenters. The van der Waals surface area contributed by atoms with E-state index >= 15 is 0 Å². The fourth-order valence-electron chi connectivity index (χ4n) is 11.5. The van der Waals surface area contributed by atoms with Gasteiger partial charge in [0.1, 0.15) is 31.3 Å². The molecular formula is C32H52BrN2O5+. The van der Waals surface area contributed by atoms with E-state index < -0.39 is 6.10 Å². The smallest absolute Gasteiger partial charge is 0.303 e. The molecule has 4 aliphatic carbocycles. The van der Waals surface area contributed by atoms with Gasteiger partial charge in [0.15, 0.2) is 11.1 Å². The summed E-state index contributed by atoms with van der Waals surface area (Å²) in [7, 11) is 0. The Kier molecular flexibility index (Phi) is 7.82. The van der Waals surface area contributed by atoms with Gasteiger partial charge >= 0.3 is 5.97 Å². The molecule has 0 bridgehead atoms. The Labute approximate surface area is 249 Å². The first-order chi connectivity index (χ1) is 19.0.